The largest absolute Gasteiger partial charge is 0.456 e. The Morgan fingerprint density at radius 2 is 1.92 bits per heavy atom. The Balaban J connectivity index is 1.52. The van der Waals surface area contributed by atoms with Crippen LogP contribution in [0.1, 0.15) is 17.5 Å². The quantitative estimate of drug-likeness (QED) is 0.306. The summed E-state index contributed by atoms with van der Waals surface area (Å²) in [5, 5.41) is 6.30. The highest BCUT2D eigenvalue weighted by Crippen LogP contribution is 2.40. The molecule has 0 unspecified atom stereocenters. The number of hydrogen-bond acceptors (Lipinski definition) is 6. The fourth-order valence-corrected chi connectivity index (χ4v) is 5.79. The summed E-state index contributed by atoms with van der Waals surface area (Å²) in [6, 6.07) is 13.2. The molecule has 0 saturated heterocycles. The summed E-state index contributed by atoms with van der Waals surface area (Å²) in [4.78, 5) is 4.00. The molecule has 0 spiro atoms. The van der Waals surface area contributed by atoms with Gasteiger partial charge in [0, 0.05) is 29.1 Å². The number of rotatable bonds is 6. The minimum Gasteiger partial charge on any atom is -0.456 e. The van der Waals surface area contributed by atoms with E-state index in [0.29, 0.717) is 47.3 Å². The van der Waals surface area contributed by atoms with Gasteiger partial charge in [0.15, 0.2) is 5.13 Å². The van der Waals surface area contributed by atoms with Crippen LogP contribution in [0.2, 0.25) is 0 Å². The molecule has 36 heavy (non-hydrogen) atoms. The number of alkyl halides is 3. The van der Waals surface area contributed by atoms with Crippen molar-refractivity contribution in [2.24, 2.45) is 0 Å². The average molecular weight is 532 g/mol. The smallest absolute Gasteiger partial charge is 0.416 e. The second-order valence-corrected chi connectivity index (χ2v) is 10.7. The van der Waals surface area contributed by atoms with Crippen LogP contribution in [0.5, 0.6) is 11.5 Å². The number of hydrogen-bond donors (Lipinski definition) is 2. The van der Waals surface area contributed by atoms with Crippen LogP contribution in [0.25, 0.3) is 16.3 Å². The van der Waals surface area contributed by atoms with Crippen LogP contribution in [0, 0.1) is 0 Å². The van der Waals surface area contributed by atoms with Crippen LogP contribution >= 0.6 is 11.3 Å². The van der Waals surface area contributed by atoms with Crippen molar-refractivity contribution in [2.45, 2.75) is 17.5 Å². The summed E-state index contributed by atoms with van der Waals surface area (Å²) in [5.74, 6) is 0.700. The topological polar surface area (TPSA) is 80.3 Å². The van der Waals surface area contributed by atoms with Crippen LogP contribution < -0.4 is 14.8 Å². The highest BCUT2D eigenvalue weighted by atomic mass is 32.2. The van der Waals surface area contributed by atoms with Gasteiger partial charge in [0.05, 0.1) is 10.5 Å². The molecule has 5 rings (SSSR count). The Morgan fingerprint density at radius 1 is 1.06 bits per heavy atom. The van der Waals surface area contributed by atoms with Gasteiger partial charge in [0.1, 0.15) is 11.5 Å². The summed E-state index contributed by atoms with van der Waals surface area (Å²) < 4.78 is 74.4. The number of nitrogens with zero attached hydrogens (tertiary/aromatic N) is 1. The molecule has 2 heterocycles. The van der Waals surface area contributed by atoms with Crippen molar-refractivity contribution < 1.29 is 26.3 Å². The predicted octanol–water partition coefficient (Wildman–Crippen LogP) is 6.28. The minimum atomic E-state index is -4.48. The number of anilines is 1. The molecule has 11 heteroatoms. The first-order valence-electron chi connectivity index (χ1n) is 10.9. The molecule has 0 atom stereocenters. The van der Waals surface area contributed by atoms with E-state index in [1.165, 1.54) is 35.7 Å². The first kappa shape index (κ1) is 24.3. The Morgan fingerprint density at radius 3 is 2.64 bits per heavy atom. The van der Waals surface area contributed by atoms with Crippen LogP contribution in [-0.2, 0) is 16.2 Å². The number of sulfonamides is 1. The summed E-state index contributed by atoms with van der Waals surface area (Å²) >= 11 is 1.17. The van der Waals surface area contributed by atoms with Gasteiger partial charge in [-0.25, -0.2) is 13.4 Å². The Kier molecular flexibility index (Phi) is 6.45. The van der Waals surface area contributed by atoms with Crippen molar-refractivity contribution in [3.63, 3.8) is 0 Å². The van der Waals surface area contributed by atoms with Crippen LogP contribution in [0.15, 0.2) is 77.1 Å². The van der Waals surface area contributed by atoms with E-state index >= 15 is 0 Å². The molecule has 0 amide bonds. The zero-order chi connectivity index (χ0) is 25.3. The Hall–Kier alpha value is -3.41. The van der Waals surface area contributed by atoms with E-state index in [4.69, 9.17) is 4.74 Å². The van der Waals surface area contributed by atoms with Gasteiger partial charge in [-0.05, 0) is 66.4 Å². The first-order valence-corrected chi connectivity index (χ1v) is 13.3. The van der Waals surface area contributed by atoms with E-state index in [2.05, 4.69) is 15.0 Å². The van der Waals surface area contributed by atoms with Crippen molar-refractivity contribution in [1.29, 1.82) is 0 Å². The molecule has 0 fully saturated rings. The van der Waals surface area contributed by atoms with Crippen LogP contribution in [0.3, 0.4) is 0 Å². The summed E-state index contributed by atoms with van der Waals surface area (Å²) in [6.07, 6.45) is -0.543. The minimum absolute atomic E-state index is 0.0532. The lowest BCUT2D eigenvalue weighted by atomic mass is 9.97. The normalized spacial score (nSPS) is 14.5. The van der Waals surface area contributed by atoms with Crippen LogP contribution in [-0.4, -0.2) is 26.5 Å². The molecule has 3 aromatic carbocycles. The van der Waals surface area contributed by atoms with Gasteiger partial charge in [-0.2, -0.15) is 13.2 Å². The van der Waals surface area contributed by atoms with Crippen molar-refractivity contribution in [1.82, 2.24) is 10.3 Å². The number of ether oxygens (including phenoxy) is 1. The molecule has 1 aliphatic rings. The van der Waals surface area contributed by atoms with Gasteiger partial charge in [-0.15, -0.1) is 11.3 Å². The van der Waals surface area contributed by atoms with Gasteiger partial charge in [0.2, 0.25) is 0 Å². The van der Waals surface area contributed by atoms with Crippen molar-refractivity contribution >= 4 is 42.8 Å². The lowest BCUT2D eigenvalue weighted by Crippen LogP contribution is -2.20. The Bertz CT molecular complexity index is 1550. The number of aromatic nitrogens is 1. The van der Waals surface area contributed by atoms with E-state index in [-0.39, 0.29) is 10.0 Å². The third kappa shape index (κ3) is 5.08. The monoisotopic (exact) mass is 531 g/mol. The fraction of sp³-hybridized carbons (Fsp3) is 0.160. The third-order valence-corrected chi connectivity index (χ3v) is 7.87. The van der Waals surface area contributed by atoms with E-state index in [9.17, 15) is 21.6 Å². The molecule has 4 aromatic rings. The number of fused-ring (bicyclic) bond motifs is 1. The highest BCUT2D eigenvalue weighted by molar-refractivity contribution is 7.93. The van der Waals surface area contributed by atoms with Gasteiger partial charge < -0.3 is 10.1 Å². The van der Waals surface area contributed by atoms with Gasteiger partial charge >= 0.3 is 6.18 Å². The predicted molar refractivity (Wildman–Crippen MR) is 134 cm³/mol. The molecule has 0 radical (unpaired) electrons. The number of halogens is 3. The molecule has 186 valence electrons. The summed E-state index contributed by atoms with van der Waals surface area (Å²) in [6.45, 7) is 1.22. The SMILES string of the molecule is O=S(=O)(Nc1nccs1)c1ccc2c(Oc3ccc(C(F)(F)F)cc3C3=CCNCC3)cccc2c1. The molecular formula is C25H20F3N3O3S2. The molecule has 0 aliphatic carbocycles. The van der Waals surface area contributed by atoms with E-state index < -0.39 is 21.8 Å². The maximum absolute atomic E-state index is 13.4. The van der Waals surface area contributed by atoms with Gasteiger partial charge in [-0.3, -0.25) is 4.72 Å². The Labute approximate surface area is 209 Å². The lowest BCUT2D eigenvalue weighted by Gasteiger charge is -2.20. The van der Waals surface area contributed by atoms with Gasteiger partial charge in [0.25, 0.3) is 10.0 Å². The molecule has 1 aliphatic heterocycles. The fourth-order valence-electron chi connectivity index (χ4n) is 3.97. The molecule has 2 N–H and O–H groups in total. The second-order valence-electron chi connectivity index (χ2n) is 8.08. The summed E-state index contributed by atoms with van der Waals surface area (Å²) in [5.41, 5.74) is 0.414. The van der Waals surface area contributed by atoms with Crippen molar-refractivity contribution in [2.75, 3.05) is 17.8 Å². The van der Waals surface area contributed by atoms with Gasteiger partial charge in [-0.1, -0.05) is 18.2 Å². The van der Waals surface area contributed by atoms with Crippen LogP contribution in [0.4, 0.5) is 18.3 Å². The lowest BCUT2D eigenvalue weighted by molar-refractivity contribution is -0.137. The molecular weight excluding hydrogens is 511 g/mol. The number of benzene rings is 3. The maximum Gasteiger partial charge on any atom is 0.416 e. The van der Waals surface area contributed by atoms with E-state index in [1.54, 1.807) is 29.6 Å². The zero-order valence-corrected chi connectivity index (χ0v) is 20.3. The zero-order valence-electron chi connectivity index (χ0n) is 18.7. The highest BCUT2D eigenvalue weighted by Gasteiger charge is 2.31. The van der Waals surface area contributed by atoms with Crippen molar-refractivity contribution in [3.05, 3.63) is 83.4 Å². The van der Waals surface area contributed by atoms with E-state index in [1.807, 2.05) is 6.08 Å². The second kappa shape index (κ2) is 9.57. The molecule has 6 nitrogen and oxygen atoms in total. The third-order valence-electron chi connectivity index (χ3n) is 5.71. The maximum atomic E-state index is 13.4. The number of thiazole rings is 1. The molecule has 0 saturated carbocycles. The van der Waals surface area contributed by atoms with Crippen molar-refractivity contribution in [3.8, 4) is 11.5 Å². The van der Waals surface area contributed by atoms with E-state index in [0.717, 1.165) is 17.7 Å². The standard InChI is InChI=1S/C25H20F3N3O3S2/c26-25(27,28)18-4-7-23(21(15-18)16-8-10-29-11-9-16)34-22-3-1-2-17-14-19(5-6-20(17)22)36(32,33)31-24-30-12-13-35-24/h1-8,12-15,29H,9-11H2,(H,30,31). The average Bonchev–Trinajstić information content (AvgIpc) is 3.36. The molecule has 1 aromatic heterocycles. The summed E-state index contributed by atoms with van der Waals surface area (Å²) in [7, 11) is -3.85. The first-order chi connectivity index (χ1) is 17.2. The molecule has 0 bridgehead atoms. The number of nitrogens with one attached hydrogen (secondary N) is 2.